The quantitative estimate of drug-likeness (QED) is 0.341. The lowest BCUT2D eigenvalue weighted by molar-refractivity contribution is 0.0979. The van der Waals surface area contributed by atoms with Gasteiger partial charge in [-0.15, -0.1) is 0 Å². The zero-order valence-corrected chi connectivity index (χ0v) is 16.2. The van der Waals surface area contributed by atoms with E-state index in [4.69, 9.17) is 0 Å². The van der Waals surface area contributed by atoms with Crippen molar-refractivity contribution in [2.75, 3.05) is 5.32 Å². The molecule has 146 valence electrons. The van der Waals surface area contributed by atoms with Gasteiger partial charge in [-0.2, -0.15) is 0 Å². The minimum absolute atomic E-state index is 0.0737. The van der Waals surface area contributed by atoms with E-state index < -0.39 is 0 Å². The van der Waals surface area contributed by atoms with Gasteiger partial charge in [-0.05, 0) is 30.0 Å². The number of benzene rings is 2. The first-order valence-corrected chi connectivity index (χ1v) is 9.84. The predicted molar refractivity (Wildman–Crippen MR) is 114 cm³/mol. The molecule has 2 heterocycles. The third kappa shape index (κ3) is 4.01. The molecule has 4 rings (SSSR count). The van der Waals surface area contributed by atoms with Crippen LogP contribution in [0, 0.1) is 0 Å². The van der Waals surface area contributed by atoms with Gasteiger partial charge in [-0.25, -0.2) is 4.98 Å². The van der Waals surface area contributed by atoms with Crippen LogP contribution in [0.5, 0.6) is 0 Å². The molecule has 1 amide bonds. The van der Waals surface area contributed by atoms with Gasteiger partial charge in [0.15, 0.2) is 5.78 Å². The number of carbonyl (C=O) groups is 2. The van der Waals surface area contributed by atoms with Crippen LogP contribution in [0.4, 0.5) is 5.95 Å². The first-order chi connectivity index (χ1) is 14.2. The summed E-state index contributed by atoms with van der Waals surface area (Å²) in [5.41, 5.74) is 2.18. The number of anilines is 1. The van der Waals surface area contributed by atoms with Crippen molar-refractivity contribution in [1.82, 2.24) is 15.0 Å². The molecule has 0 radical (unpaired) electrons. The topological polar surface area (TPSA) is 87.7 Å². The van der Waals surface area contributed by atoms with Crippen LogP contribution in [0.2, 0.25) is 0 Å². The number of para-hydroxylation sites is 1. The van der Waals surface area contributed by atoms with E-state index in [2.05, 4.69) is 27.2 Å². The first-order valence-electron chi connectivity index (χ1n) is 9.84. The third-order valence-corrected chi connectivity index (χ3v) is 4.92. The number of unbranched alkanes of at least 4 members (excludes halogenated alkanes) is 2. The Labute approximate surface area is 168 Å². The van der Waals surface area contributed by atoms with Crippen LogP contribution in [0.1, 0.15) is 53.5 Å². The van der Waals surface area contributed by atoms with Crippen molar-refractivity contribution in [1.29, 1.82) is 0 Å². The van der Waals surface area contributed by atoms with Crippen molar-refractivity contribution in [2.24, 2.45) is 0 Å². The molecule has 0 saturated heterocycles. The lowest BCUT2D eigenvalue weighted by Gasteiger charge is -2.03. The second-order valence-electron chi connectivity index (χ2n) is 7.04. The Bertz CT molecular complexity index is 1200. The number of aromatic nitrogens is 3. The Hall–Kier alpha value is -3.54. The number of rotatable bonds is 7. The number of ketones is 1. The summed E-state index contributed by atoms with van der Waals surface area (Å²) in [6.07, 6.45) is 5.15. The van der Waals surface area contributed by atoms with Crippen LogP contribution >= 0.6 is 0 Å². The molecule has 0 aliphatic heterocycles. The first kappa shape index (κ1) is 18.8. The summed E-state index contributed by atoms with van der Waals surface area (Å²) in [6, 6.07) is 14.9. The zero-order valence-electron chi connectivity index (χ0n) is 16.2. The molecule has 2 N–H and O–H groups in total. The summed E-state index contributed by atoms with van der Waals surface area (Å²) in [5, 5.41) is 4.66. The van der Waals surface area contributed by atoms with E-state index >= 15 is 0 Å². The number of hydrogen-bond acceptors (Lipinski definition) is 4. The summed E-state index contributed by atoms with van der Waals surface area (Å²) >= 11 is 0. The Kier molecular flexibility index (Phi) is 5.33. The Balaban J connectivity index is 1.57. The Morgan fingerprint density at radius 2 is 1.86 bits per heavy atom. The highest BCUT2D eigenvalue weighted by Crippen LogP contribution is 2.21. The van der Waals surface area contributed by atoms with Gasteiger partial charge in [-0.1, -0.05) is 50.1 Å². The van der Waals surface area contributed by atoms with Crippen molar-refractivity contribution >= 4 is 39.4 Å². The van der Waals surface area contributed by atoms with Gasteiger partial charge in [0.05, 0.1) is 5.52 Å². The number of imidazole rings is 1. The van der Waals surface area contributed by atoms with Gasteiger partial charge < -0.3 is 4.98 Å². The SMILES string of the molecule is CCCCCC(=O)c1cccc2[nH]c(NC(=O)c3cc4ccccc4cn3)nc12. The van der Waals surface area contributed by atoms with E-state index in [9.17, 15) is 9.59 Å². The summed E-state index contributed by atoms with van der Waals surface area (Å²) in [5.74, 6) is 0.0176. The highest BCUT2D eigenvalue weighted by molar-refractivity contribution is 6.08. The molecule has 6 nitrogen and oxygen atoms in total. The Morgan fingerprint density at radius 3 is 2.69 bits per heavy atom. The fourth-order valence-electron chi connectivity index (χ4n) is 3.37. The smallest absolute Gasteiger partial charge is 0.276 e. The fraction of sp³-hybridized carbons (Fsp3) is 0.217. The molecule has 0 saturated carbocycles. The van der Waals surface area contributed by atoms with Crippen LogP contribution in [0.25, 0.3) is 21.8 Å². The molecule has 0 unspecified atom stereocenters. The van der Waals surface area contributed by atoms with Gasteiger partial charge in [-0.3, -0.25) is 19.9 Å². The number of amides is 1. The second kappa shape index (κ2) is 8.22. The molecule has 0 fully saturated rings. The molecule has 2 aromatic carbocycles. The minimum atomic E-state index is -0.356. The molecule has 0 spiro atoms. The van der Waals surface area contributed by atoms with Gasteiger partial charge in [0.25, 0.3) is 5.91 Å². The monoisotopic (exact) mass is 386 g/mol. The highest BCUT2D eigenvalue weighted by Gasteiger charge is 2.15. The zero-order chi connectivity index (χ0) is 20.2. The number of nitrogens with zero attached hydrogens (tertiary/aromatic N) is 2. The fourth-order valence-corrected chi connectivity index (χ4v) is 3.37. The summed E-state index contributed by atoms with van der Waals surface area (Å²) in [7, 11) is 0. The standard InChI is InChI=1S/C23H22N4O2/c1-2-3-4-12-20(28)17-10-7-11-18-21(17)26-23(25-18)27-22(29)19-13-15-8-5-6-9-16(15)14-24-19/h5-11,13-14H,2-4,12H2,1H3,(H2,25,26,27,29). The number of aromatic amines is 1. The van der Waals surface area contributed by atoms with Gasteiger partial charge in [0.1, 0.15) is 11.2 Å². The number of carbonyl (C=O) groups excluding carboxylic acids is 2. The average molecular weight is 386 g/mol. The van der Waals surface area contributed by atoms with E-state index in [1.54, 1.807) is 18.3 Å². The molecular weight excluding hydrogens is 364 g/mol. The lowest BCUT2D eigenvalue weighted by Crippen LogP contribution is -2.14. The average Bonchev–Trinajstić information content (AvgIpc) is 3.15. The molecule has 0 aliphatic carbocycles. The summed E-state index contributed by atoms with van der Waals surface area (Å²) in [4.78, 5) is 37.0. The molecule has 0 atom stereocenters. The van der Waals surface area contributed by atoms with Crippen molar-refractivity contribution < 1.29 is 9.59 Å². The van der Waals surface area contributed by atoms with E-state index in [1.165, 1.54) is 0 Å². The van der Waals surface area contributed by atoms with Crippen LogP contribution in [-0.2, 0) is 0 Å². The second-order valence-corrected chi connectivity index (χ2v) is 7.04. The third-order valence-electron chi connectivity index (χ3n) is 4.92. The van der Waals surface area contributed by atoms with Crippen LogP contribution in [-0.4, -0.2) is 26.6 Å². The maximum atomic E-state index is 12.6. The number of H-pyrrole nitrogens is 1. The molecule has 4 aromatic rings. The number of hydrogen-bond donors (Lipinski definition) is 2. The number of pyridine rings is 1. The lowest BCUT2D eigenvalue weighted by atomic mass is 10.0. The molecule has 0 aliphatic rings. The highest BCUT2D eigenvalue weighted by atomic mass is 16.2. The Morgan fingerprint density at radius 1 is 1.03 bits per heavy atom. The maximum Gasteiger partial charge on any atom is 0.276 e. The molecule has 2 aromatic heterocycles. The molecule has 6 heteroatoms. The molecular formula is C23H22N4O2. The maximum absolute atomic E-state index is 12.6. The largest absolute Gasteiger partial charge is 0.324 e. The predicted octanol–water partition coefficient (Wildman–Crippen LogP) is 5.13. The van der Waals surface area contributed by atoms with Gasteiger partial charge in [0, 0.05) is 23.6 Å². The van der Waals surface area contributed by atoms with E-state index in [-0.39, 0.29) is 11.7 Å². The van der Waals surface area contributed by atoms with Crippen molar-refractivity contribution in [3.63, 3.8) is 0 Å². The summed E-state index contributed by atoms with van der Waals surface area (Å²) in [6.45, 7) is 2.11. The van der Waals surface area contributed by atoms with Gasteiger partial charge in [0.2, 0.25) is 5.95 Å². The van der Waals surface area contributed by atoms with Crippen molar-refractivity contribution in [2.45, 2.75) is 32.6 Å². The number of Topliss-reactive ketones (excluding diaryl/α,β-unsaturated/α-hetero) is 1. The minimum Gasteiger partial charge on any atom is -0.324 e. The normalized spacial score (nSPS) is 11.1. The molecule has 0 bridgehead atoms. The van der Waals surface area contributed by atoms with Crippen LogP contribution in [0.3, 0.4) is 0 Å². The van der Waals surface area contributed by atoms with E-state index in [1.807, 2.05) is 36.4 Å². The number of nitrogens with one attached hydrogen (secondary N) is 2. The van der Waals surface area contributed by atoms with E-state index in [0.717, 1.165) is 30.0 Å². The van der Waals surface area contributed by atoms with Gasteiger partial charge >= 0.3 is 0 Å². The summed E-state index contributed by atoms with van der Waals surface area (Å²) < 4.78 is 0. The van der Waals surface area contributed by atoms with Crippen LogP contribution in [0.15, 0.2) is 54.7 Å². The van der Waals surface area contributed by atoms with Crippen molar-refractivity contribution in [3.05, 3.63) is 66.0 Å². The van der Waals surface area contributed by atoms with Crippen molar-refractivity contribution in [3.8, 4) is 0 Å². The number of fused-ring (bicyclic) bond motifs is 2. The van der Waals surface area contributed by atoms with Crippen LogP contribution < -0.4 is 5.32 Å². The molecule has 29 heavy (non-hydrogen) atoms. The van der Waals surface area contributed by atoms with E-state index in [0.29, 0.717) is 34.7 Å².